The van der Waals surface area contributed by atoms with Crippen molar-refractivity contribution in [2.24, 2.45) is 21.1 Å². The number of aryl methyl sites for hydroxylation is 4. The van der Waals surface area contributed by atoms with E-state index in [4.69, 9.17) is 14.2 Å². The van der Waals surface area contributed by atoms with Gasteiger partial charge in [0, 0.05) is 42.3 Å². The maximum absolute atomic E-state index is 12.1. The first-order valence-electron chi connectivity index (χ1n) is 18.4. The Morgan fingerprint density at radius 2 is 0.918 bits per heavy atom. The molecule has 308 valence electrons. The van der Waals surface area contributed by atoms with Gasteiger partial charge in [0.2, 0.25) is 0 Å². The van der Waals surface area contributed by atoms with Crippen molar-refractivity contribution in [3.05, 3.63) is 148 Å². The van der Waals surface area contributed by atoms with Gasteiger partial charge < -0.3 is 14.2 Å². The molecule has 3 heterocycles. The molecule has 0 aliphatic rings. The van der Waals surface area contributed by atoms with Gasteiger partial charge in [-0.15, -0.1) is 15.3 Å². The number of benzene rings is 5. The SMILES string of the molecule is CCOC(=O)c1ccc(-c2nnnn2C)cc1.Cc1ccc(OC(=O)c2ccc(-c3nnnn3C)cc2)cc1.Cn1nnnc1-c1ccc(C(=O)Oc2cccc(Br)c2)cc1. The van der Waals surface area contributed by atoms with E-state index in [1.807, 2.05) is 25.1 Å². The fraction of sp³-hybridized carbons (Fsp3) is 0.143. The molecule has 0 spiro atoms. The highest BCUT2D eigenvalue weighted by molar-refractivity contribution is 9.10. The first-order valence-corrected chi connectivity index (χ1v) is 19.2. The minimum Gasteiger partial charge on any atom is -0.462 e. The summed E-state index contributed by atoms with van der Waals surface area (Å²) in [5, 5.41) is 33.8. The average Bonchev–Trinajstić information content (AvgIpc) is 4.03. The lowest BCUT2D eigenvalue weighted by Crippen LogP contribution is -2.08. The minimum atomic E-state index is -0.416. The Morgan fingerprint density at radius 3 is 1.28 bits per heavy atom. The van der Waals surface area contributed by atoms with E-state index in [9.17, 15) is 14.4 Å². The van der Waals surface area contributed by atoms with Gasteiger partial charge in [-0.3, -0.25) is 0 Å². The number of aromatic nitrogens is 12. The summed E-state index contributed by atoms with van der Waals surface area (Å²) in [6, 6.07) is 35.3. The number of nitrogens with zero attached hydrogens (tertiary/aromatic N) is 12. The summed E-state index contributed by atoms with van der Waals surface area (Å²) in [5.41, 5.74) is 5.07. The van der Waals surface area contributed by atoms with Crippen molar-refractivity contribution in [3.8, 4) is 45.7 Å². The molecule has 0 radical (unpaired) electrons. The number of carbonyl (C=O) groups is 3. The van der Waals surface area contributed by atoms with Crippen LogP contribution in [0.4, 0.5) is 0 Å². The van der Waals surface area contributed by atoms with Crippen LogP contribution in [0, 0.1) is 6.92 Å². The summed E-state index contributed by atoms with van der Waals surface area (Å²) in [4.78, 5) is 35.6. The van der Waals surface area contributed by atoms with Crippen molar-refractivity contribution in [1.82, 2.24) is 60.6 Å². The summed E-state index contributed by atoms with van der Waals surface area (Å²) >= 11 is 3.33. The topological polar surface area (TPSA) is 210 Å². The molecule has 0 N–H and O–H groups in total. The lowest BCUT2D eigenvalue weighted by molar-refractivity contribution is 0.0525. The predicted molar refractivity (Wildman–Crippen MR) is 224 cm³/mol. The average molecular weight is 886 g/mol. The van der Waals surface area contributed by atoms with Crippen LogP contribution in [-0.2, 0) is 25.9 Å². The molecule has 0 aliphatic heterocycles. The molecule has 8 rings (SSSR count). The van der Waals surface area contributed by atoms with Gasteiger partial charge in [-0.2, -0.15) is 0 Å². The lowest BCUT2D eigenvalue weighted by Gasteiger charge is -2.05. The number of ether oxygens (including phenoxy) is 3. The Balaban J connectivity index is 0.000000155. The van der Waals surface area contributed by atoms with E-state index in [1.165, 1.54) is 0 Å². The molecule has 0 saturated carbocycles. The number of rotatable bonds is 9. The molecule has 0 atom stereocenters. The van der Waals surface area contributed by atoms with Crippen LogP contribution < -0.4 is 9.47 Å². The molecule has 61 heavy (non-hydrogen) atoms. The first kappa shape index (κ1) is 42.8. The molecule has 0 unspecified atom stereocenters. The fourth-order valence-electron chi connectivity index (χ4n) is 5.37. The van der Waals surface area contributed by atoms with Gasteiger partial charge in [-0.1, -0.05) is 76.1 Å². The van der Waals surface area contributed by atoms with E-state index in [2.05, 4.69) is 62.5 Å². The zero-order valence-electron chi connectivity index (χ0n) is 33.4. The summed E-state index contributed by atoms with van der Waals surface area (Å²) in [6.45, 7) is 4.12. The summed E-state index contributed by atoms with van der Waals surface area (Å²) < 4.78 is 21.1. The zero-order chi connectivity index (χ0) is 43.3. The number of esters is 3. The molecule has 0 fully saturated rings. The second kappa shape index (κ2) is 20.3. The van der Waals surface area contributed by atoms with Gasteiger partial charge in [0.05, 0.1) is 23.3 Å². The highest BCUT2D eigenvalue weighted by atomic mass is 79.9. The molecule has 0 bridgehead atoms. The monoisotopic (exact) mass is 884 g/mol. The van der Waals surface area contributed by atoms with Crippen molar-refractivity contribution < 1.29 is 28.6 Å². The molecule has 19 heteroatoms. The Morgan fingerprint density at radius 1 is 0.525 bits per heavy atom. The highest BCUT2D eigenvalue weighted by Crippen LogP contribution is 2.22. The van der Waals surface area contributed by atoms with Gasteiger partial charge in [0.15, 0.2) is 17.5 Å². The molecular weight excluding hydrogens is 848 g/mol. The lowest BCUT2D eigenvalue weighted by atomic mass is 10.1. The van der Waals surface area contributed by atoms with Crippen molar-refractivity contribution in [3.63, 3.8) is 0 Å². The molecule has 18 nitrogen and oxygen atoms in total. The standard InChI is InChI=1S/C16H14N4O2.C15H11BrN4O2.C11H12N4O2/c1-11-3-9-14(10-4-11)22-16(21)13-7-5-12(6-8-13)15-17-18-19-20(15)2;1-20-14(17-18-19-20)10-5-7-11(8-6-10)15(21)22-13-4-2-3-12(16)9-13;1-3-17-11(16)9-6-4-8(5-7-9)10-12-13-14-15(10)2/h3-10H,1-2H3;2-9H,1H3;4-7H,3H2,1-2H3. The van der Waals surface area contributed by atoms with E-state index in [-0.39, 0.29) is 5.97 Å². The van der Waals surface area contributed by atoms with E-state index >= 15 is 0 Å². The summed E-state index contributed by atoms with van der Waals surface area (Å²) in [6.07, 6.45) is 0. The van der Waals surface area contributed by atoms with Crippen LogP contribution in [0.25, 0.3) is 34.2 Å². The molecule has 8 aromatic rings. The maximum atomic E-state index is 12.1. The van der Waals surface area contributed by atoms with E-state index < -0.39 is 11.9 Å². The normalized spacial score (nSPS) is 10.4. The van der Waals surface area contributed by atoms with Crippen LogP contribution in [0.1, 0.15) is 43.6 Å². The van der Waals surface area contributed by atoms with Crippen LogP contribution >= 0.6 is 15.9 Å². The third kappa shape index (κ3) is 11.4. The van der Waals surface area contributed by atoms with Gasteiger partial charge in [-0.25, -0.2) is 28.4 Å². The number of halogens is 1. The zero-order valence-corrected chi connectivity index (χ0v) is 35.0. The summed E-state index contributed by atoms with van der Waals surface area (Å²) in [5.74, 6) is 1.80. The maximum Gasteiger partial charge on any atom is 0.343 e. The van der Waals surface area contributed by atoms with Gasteiger partial charge in [0.1, 0.15) is 11.5 Å². The Labute approximate surface area is 357 Å². The molecule has 5 aromatic carbocycles. The van der Waals surface area contributed by atoms with E-state index in [0.717, 1.165) is 26.7 Å². The van der Waals surface area contributed by atoms with Crippen LogP contribution in [-0.4, -0.2) is 85.1 Å². The predicted octanol–water partition coefficient (Wildman–Crippen LogP) is 6.32. The summed E-state index contributed by atoms with van der Waals surface area (Å²) in [7, 11) is 5.27. The van der Waals surface area contributed by atoms with Crippen molar-refractivity contribution in [2.75, 3.05) is 6.61 Å². The number of carbonyl (C=O) groups excluding carboxylic acids is 3. The Hall–Kier alpha value is -7.80. The molecule has 0 saturated heterocycles. The smallest absolute Gasteiger partial charge is 0.343 e. The van der Waals surface area contributed by atoms with Crippen LogP contribution in [0.15, 0.2) is 126 Å². The third-order valence-corrected chi connectivity index (χ3v) is 9.00. The van der Waals surface area contributed by atoms with Gasteiger partial charge >= 0.3 is 17.9 Å². The molecule has 0 aliphatic carbocycles. The van der Waals surface area contributed by atoms with Crippen molar-refractivity contribution >= 4 is 33.8 Å². The molecule has 3 aromatic heterocycles. The van der Waals surface area contributed by atoms with Gasteiger partial charge in [0.25, 0.3) is 0 Å². The number of tetrazole rings is 3. The second-order valence-corrected chi connectivity index (χ2v) is 13.8. The van der Waals surface area contributed by atoms with Crippen molar-refractivity contribution in [2.45, 2.75) is 13.8 Å². The van der Waals surface area contributed by atoms with E-state index in [0.29, 0.717) is 52.3 Å². The van der Waals surface area contributed by atoms with Crippen LogP contribution in [0.3, 0.4) is 0 Å². The Kier molecular flexibility index (Phi) is 14.2. The largest absolute Gasteiger partial charge is 0.462 e. The first-order chi connectivity index (χ1) is 29.5. The Bertz CT molecular complexity index is 2720. The third-order valence-electron chi connectivity index (χ3n) is 8.51. The second-order valence-electron chi connectivity index (χ2n) is 12.9. The van der Waals surface area contributed by atoms with Crippen LogP contribution in [0.5, 0.6) is 11.5 Å². The fourth-order valence-corrected chi connectivity index (χ4v) is 5.75. The minimum absolute atomic E-state index is 0.324. The van der Waals surface area contributed by atoms with Crippen molar-refractivity contribution in [1.29, 1.82) is 0 Å². The number of hydrogen-bond donors (Lipinski definition) is 0. The molecular formula is C42H37BrN12O6. The van der Waals surface area contributed by atoms with E-state index in [1.54, 1.807) is 145 Å². The van der Waals surface area contributed by atoms with Crippen LogP contribution in [0.2, 0.25) is 0 Å². The molecule has 0 amide bonds. The highest BCUT2D eigenvalue weighted by Gasteiger charge is 2.13. The van der Waals surface area contributed by atoms with Gasteiger partial charge in [-0.05, 0) is 112 Å². The quantitative estimate of drug-likeness (QED) is 0.115. The number of hydrogen-bond acceptors (Lipinski definition) is 15.